The van der Waals surface area contributed by atoms with Gasteiger partial charge in [-0.15, -0.1) is 0 Å². The minimum absolute atomic E-state index is 0.771. The van der Waals surface area contributed by atoms with Crippen molar-refractivity contribution in [2.24, 2.45) is 5.92 Å². The fraction of sp³-hybridized carbons (Fsp3) is 0.500. The average Bonchev–Trinajstić information content (AvgIpc) is 2.70. The third-order valence-electron chi connectivity index (χ3n) is 2.84. The van der Waals surface area contributed by atoms with Crippen molar-refractivity contribution in [2.45, 2.75) is 25.7 Å². The summed E-state index contributed by atoms with van der Waals surface area (Å²) in [5.74, 6) is 1.71. The van der Waals surface area contributed by atoms with E-state index in [9.17, 15) is 0 Å². The van der Waals surface area contributed by atoms with E-state index in [1.807, 2.05) is 24.3 Å². The van der Waals surface area contributed by atoms with Crippen molar-refractivity contribution >= 4 is 5.69 Å². The molecule has 0 amide bonds. The Bertz CT molecular complexity index is 275. The van der Waals surface area contributed by atoms with Gasteiger partial charge in [0, 0.05) is 5.69 Å². The molecule has 1 saturated carbocycles. The second-order valence-corrected chi connectivity index (χ2v) is 4.03. The Kier molecular flexibility index (Phi) is 2.92. The van der Waals surface area contributed by atoms with Crippen LogP contribution in [0.3, 0.4) is 0 Å². The third-order valence-corrected chi connectivity index (χ3v) is 2.84. The highest BCUT2D eigenvalue weighted by molar-refractivity contribution is 5.41. The number of nitrogens with two attached hydrogens (primary N) is 1. The summed E-state index contributed by atoms with van der Waals surface area (Å²) in [5, 5.41) is 0. The zero-order valence-corrected chi connectivity index (χ0v) is 8.41. The molecule has 0 spiro atoms. The van der Waals surface area contributed by atoms with E-state index in [0.29, 0.717) is 0 Å². The van der Waals surface area contributed by atoms with Crippen molar-refractivity contribution in [3.05, 3.63) is 24.3 Å². The zero-order valence-electron chi connectivity index (χ0n) is 8.41. The third kappa shape index (κ3) is 2.41. The molecule has 0 radical (unpaired) electrons. The lowest BCUT2D eigenvalue weighted by atomic mass is 10.1. The van der Waals surface area contributed by atoms with Crippen LogP contribution in [0.15, 0.2) is 24.3 Å². The Hall–Kier alpha value is -1.18. The number of rotatable bonds is 3. The number of hydrogen-bond acceptors (Lipinski definition) is 2. The molecule has 2 nitrogen and oxygen atoms in total. The Morgan fingerprint density at radius 3 is 2.43 bits per heavy atom. The van der Waals surface area contributed by atoms with Gasteiger partial charge in [0.1, 0.15) is 5.75 Å². The molecular formula is C12H17NO. The minimum atomic E-state index is 0.771. The van der Waals surface area contributed by atoms with Gasteiger partial charge in [-0.2, -0.15) is 0 Å². The van der Waals surface area contributed by atoms with Crippen LogP contribution < -0.4 is 10.5 Å². The molecule has 1 aliphatic carbocycles. The molecule has 1 aromatic carbocycles. The fourth-order valence-electron chi connectivity index (χ4n) is 1.96. The fourth-order valence-corrected chi connectivity index (χ4v) is 1.96. The number of hydrogen-bond donors (Lipinski definition) is 1. The summed E-state index contributed by atoms with van der Waals surface area (Å²) in [6, 6.07) is 7.63. The molecule has 14 heavy (non-hydrogen) atoms. The van der Waals surface area contributed by atoms with Gasteiger partial charge in [0.25, 0.3) is 0 Å². The van der Waals surface area contributed by atoms with Crippen molar-refractivity contribution in [1.29, 1.82) is 0 Å². The van der Waals surface area contributed by atoms with Gasteiger partial charge in [0.2, 0.25) is 0 Å². The van der Waals surface area contributed by atoms with Crippen LogP contribution in [0.5, 0.6) is 5.75 Å². The second kappa shape index (κ2) is 4.36. The summed E-state index contributed by atoms with van der Waals surface area (Å²) in [7, 11) is 0. The van der Waals surface area contributed by atoms with Gasteiger partial charge in [-0.25, -0.2) is 0 Å². The van der Waals surface area contributed by atoms with E-state index in [1.165, 1.54) is 25.7 Å². The first-order chi connectivity index (χ1) is 6.84. The Morgan fingerprint density at radius 1 is 1.14 bits per heavy atom. The molecule has 2 N–H and O–H groups in total. The van der Waals surface area contributed by atoms with Crippen LogP contribution in [0, 0.1) is 5.92 Å². The summed E-state index contributed by atoms with van der Waals surface area (Å²) in [6.07, 6.45) is 5.40. The first-order valence-electron chi connectivity index (χ1n) is 5.33. The van der Waals surface area contributed by atoms with Gasteiger partial charge in [-0.3, -0.25) is 0 Å². The molecule has 0 aliphatic heterocycles. The molecule has 1 fully saturated rings. The standard InChI is InChI=1S/C12H17NO/c13-11-5-7-12(8-6-11)14-9-10-3-1-2-4-10/h5-8,10H,1-4,9,13H2. The monoisotopic (exact) mass is 191 g/mol. The number of nitrogen functional groups attached to an aromatic ring is 1. The maximum Gasteiger partial charge on any atom is 0.119 e. The van der Waals surface area contributed by atoms with E-state index in [1.54, 1.807) is 0 Å². The number of benzene rings is 1. The first kappa shape index (κ1) is 9.38. The average molecular weight is 191 g/mol. The van der Waals surface area contributed by atoms with Gasteiger partial charge in [0.05, 0.1) is 6.61 Å². The molecule has 1 aromatic rings. The van der Waals surface area contributed by atoms with E-state index in [4.69, 9.17) is 10.5 Å². The lowest BCUT2D eigenvalue weighted by Gasteiger charge is -2.11. The van der Waals surface area contributed by atoms with Gasteiger partial charge < -0.3 is 10.5 Å². The quantitative estimate of drug-likeness (QED) is 0.745. The Labute approximate surface area is 85.1 Å². The van der Waals surface area contributed by atoms with E-state index in [2.05, 4.69) is 0 Å². The second-order valence-electron chi connectivity index (χ2n) is 4.03. The topological polar surface area (TPSA) is 35.2 Å². The van der Waals surface area contributed by atoms with Gasteiger partial charge in [-0.05, 0) is 43.0 Å². The largest absolute Gasteiger partial charge is 0.493 e. The normalized spacial score (nSPS) is 17.1. The molecule has 0 saturated heterocycles. The number of ether oxygens (including phenoxy) is 1. The maximum absolute atomic E-state index is 5.69. The molecule has 2 rings (SSSR count). The first-order valence-corrected chi connectivity index (χ1v) is 5.33. The van der Waals surface area contributed by atoms with Crippen molar-refractivity contribution in [2.75, 3.05) is 12.3 Å². The zero-order chi connectivity index (χ0) is 9.80. The molecule has 2 heteroatoms. The lowest BCUT2D eigenvalue weighted by molar-refractivity contribution is 0.252. The minimum Gasteiger partial charge on any atom is -0.493 e. The van der Waals surface area contributed by atoms with Crippen LogP contribution in [0.25, 0.3) is 0 Å². The van der Waals surface area contributed by atoms with Gasteiger partial charge in [0.15, 0.2) is 0 Å². The highest BCUT2D eigenvalue weighted by Crippen LogP contribution is 2.25. The van der Waals surface area contributed by atoms with Crippen LogP contribution in [-0.4, -0.2) is 6.61 Å². The highest BCUT2D eigenvalue weighted by Gasteiger charge is 2.15. The van der Waals surface area contributed by atoms with Crippen LogP contribution in [0.2, 0.25) is 0 Å². The summed E-state index contributed by atoms with van der Waals surface area (Å²) < 4.78 is 5.69. The Morgan fingerprint density at radius 2 is 1.79 bits per heavy atom. The summed E-state index contributed by atoms with van der Waals surface area (Å²) in [5.41, 5.74) is 6.38. The molecule has 0 heterocycles. The van der Waals surface area contributed by atoms with Crippen molar-refractivity contribution in [3.8, 4) is 5.75 Å². The SMILES string of the molecule is Nc1ccc(OCC2CCCC2)cc1. The Balaban J connectivity index is 1.82. The molecule has 0 unspecified atom stereocenters. The molecule has 0 aromatic heterocycles. The van der Waals surface area contributed by atoms with Crippen molar-refractivity contribution in [3.63, 3.8) is 0 Å². The predicted octanol–water partition coefficient (Wildman–Crippen LogP) is 2.84. The van der Waals surface area contributed by atoms with E-state index in [0.717, 1.165) is 24.0 Å². The van der Waals surface area contributed by atoms with Crippen molar-refractivity contribution < 1.29 is 4.74 Å². The molecule has 0 atom stereocenters. The maximum atomic E-state index is 5.69. The van der Waals surface area contributed by atoms with Gasteiger partial charge in [-0.1, -0.05) is 12.8 Å². The summed E-state index contributed by atoms with van der Waals surface area (Å²) >= 11 is 0. The van der Waals surface area contributed by atoms with E-state index in [-0.39, 0.29) is 0 Å². The van der Waals surface area contributed by atoms with Crippen LogP contribution in [-0.2, 0) is 0 Å². The molecule has 0 bridgehead atoms. The van der Waals surface area contributed by atoms with Crippen LogP contribution in [0.1, 0.15) is 25.7 Å². The van der Waals surface area contributed by atoms with E-state index < -0.39 is 0 Å². The highest BCUT2D eigenvalue weighted by atomic mass is 16.5. The van der Waals surface area contributed by atoms with Gasteiger partial charge >= 0.3 is 0 Å². The van der Waals surface area contributed by atoms with Crippen molar-refractivity contribution in [1.82, 2.24) is 0 Å². The predicted molar refractivity (Wildman–Crippen MR) is 58.3 cm³/mol. The molecular weight excluding hydrogens is 174 g/mol. The smallest absolute Gasteiger partial charge is 0.119 e. The van der Waals surface area contributed by atoms with Crippen LogP contribution >= 0.6 is 0 Å². The van der Waals surface area contributed by atoms with Crippen LogP contribution in [0.4, 0.5) is 5.69 Å². The molecule has 76 valence electrons. The van der Waals surface area contributed by atoms with E-state index >= 15 is 0 Å². The summed E-state index contributed by atoms with van der Waals surface area (Å²) in [6.45, 7) is 0.865. The lowest BCUT2D eigenvalue weighted by Crippen LogP contribution is -2.07. The summed E-state index contributed by atoms with van der Waals surface area (Å²) in [4.78, 5) is 0. The number of anilines is 1. The molecule has 1 aliphatic rings.